The van der Waals surface area contributed by atoms with Crippen LogP contribution >= 0.6 is 0 Å². The smallest absolute Gasteiger partial charge is 0.308 e. The molecule has 1 N–H and O–H groups in total. The van der Waals surface area contributed by atoms with Crippen molar-refractivity contribution in [1.29, 1.82) is 0 Å². The molecule has 0 bridgehead atoms. The van der Waals surface area contributed by atoms with Crippen LogP contribution in [0.1, 0.15) is 17.0 Å². The van der Waals surface area contributed by atoms with Crippen molar-refractivity contribution in [2.75, 3.05) is 27.3 Å². The van der Waals surface area contributed by atoms with Gasteiger partial charge in [-0.3, -0.25) is 9.59 Å². The van der Waals surface area contributed by atoms with Crippen LogP contribution in [0, 0.1) is 5.92 Å². The van der Waals surface area contributed by atoms with Gasteiger partial charge in [-0.25, -0.2) is 0 Å². The number of benzene rings is 2. The number of ether oxygens (including phenoxy) is 2. The zero-order chi connectivity index (χ0) is 19.4. The Labute approximate surface area is 158 Å². The molecule has 2 aromatic rings. The quantitative estimate of drug-likeness (QED) is 0.847. The fourth-order valence-electron chi connectivity index (χ4n) is 3.57. The molecule has 1 fully saturated rings. The van der Waals surface area contributed by atoms with Crippen molar-refractivity contribution < 1.29 is 24.2 Å². The zero-order valence-electron chi connectivity index (χ0n) is 15.4. The van der Waals surface area contributed by atoms with Gasteiger partial charge in [0.1, 0.15) is 11.5 Å². The molecule has 0 aliphatic carbocycles. The predicted octanol–water partition coefficient (Wildman–Crippen LogP) is 2.57. The second kappa shape index (κ2) is 8.12. The summed E-state index contributed by atoms with van der Waals surface area (Å²) in [5.74, 6) is -0.473. The maximum Gasteiger partial charge on any atom is 0.308 e. The fraction of sp³-hybridized carbons (Fsp3) is 0.333. The Hall–Kier alpha value is -3.02. The van der Waals surface area contributed by atoms with E-state index in [2.05, 4.69) is 0 Å². The third-order valence-electron chi connectivity index (χ3n) is 5.07. The molecule has 0 saturated carbocycles. The van der Waals surface area contributed by atoms with E-state index in [1.54, 1.807) is 19.1 Å². The van der Waals surface area contributed by atoms with Crippen LogP contribution in [-0.2, 0) is 16.0 Å². The average molecular weight is 369 g/mol. The average Bonchev–Trinajstić information content (AvgIpc) is 3.14. The number of methoxy groups -OCH3 is 2. The number of hydrogen-bond donors (Lipinski definition) is 1. The monoisotopic (exact) mass is 369 g/mol. The Bertz CT molecular complexity index is 818. The summed E-state index contributed by atoms with van der Waals surface area (Å²) in [5.41, 5.74) is 1.69. The second-order valence-electron chi connectivity index (χ2n) is 6.61. The Morgan fingerprint density at radius 3 is 2.37 bits per heavy atom. The van der Waals surface area contributed by atoms with Crippen LogP contribution < -0.4 is 9.47 Å². The van der Waals surface area contributed by atoms with Gasteiger partial charge < -0.3 is 19.5 Å². The molecule has 3 rings (SSSR count). The highest BCUT2D eigenvalue weighted by Gasteiger charge is 2.40. The van der Waals surface area contributed by atoms with Gasteiger partial charge in [0.2, 0.25) is 5.91 Å². The first-order valence-electron chi connectivity index (χ1n) is 8.80. The number of hydrogen-bond acceptors (Lipinski definition) is 4. The van der Waals surface area contributed by atoms with Gasteiger partial charge in [0.05, 0.1) is 26.6 Å². The lowest BCUT2D eigenvalue weighted by Gasteiger charge is -2.17. The van der Waals surface area contributed by atoms with E-state index in [4.69, 9.17) is 9.47 Å². The van der Waals surface area contributed by atoms with Gasteiger partial charge in [-0.15, -0.1) is 0 Å². The van der Waals surface area contributed by atoms with E-state index in [9.17, 15) is 14.7 Å². The van der Waals surface area contributed by atoms with Gasteiger partial charge in [-0.1, -0.05) is 30.3 Å². The number of carbonyl (C=O) groups is 2. The lowest BCUT2D eigenvalue weighted by atomic mass is 9.89. The maximum absolute atomic E-state index is 12.8. The first kappa shape index (κ1) is 18.8. The summed E-state index contributed by atoms with van der Waals surface area (Å²) in [7, 11) is 3.15. The third-order valence-corrected chi connectivity index (χ3v) is 5.07. The molecule has 1 amide bonds. The number of amides is 1. The SMILES string of the molecule is COc1ccc([C@@H]2CN(C(=O)Cc3ccccc3OC)C[C@H]2C(=O)O)cc1. The van der Waals surface area contributed by atoms with E-state index in [0.29, 0.717) is 18.0 Å². The topological polar surface area (TPSA) is 76.1 Å². The molecule has 2 aromatic carbocycles. The molecule has 1 heterocycles. The van der Waals surface area contributed by atoms with Gasteiger partial charge in [0, 0.05) is 24.6 Å². The molecule has 0 spiro atoms. The van der Waals surface area contributed by atoms with Crippen molar-refractivity contribution in [3.05, 3.63) is 59.7 Å². The number of nitrogens with zero attached hydrogens (tertiary/aromatic N) is 1. The van der Waals surface area contributed by atoms with E-state index in [-0.39, 0.29) is 24.8 Å². The lowest BCUT2D eigenvalue weighted by molar-refractivity contribution is -0.141. The molecule has 1 aliphatic rings. The number of rotatable bonds is 6. The van der Waals surface area contributed by atoms with Crippen molar-refractivity contribution in [2.24, 2.45) is 5.92 Å². The molecule has 2 atom stereocenters. The van der Waals surface area contributed by atoms with Gasteiger partial charge >= 0.3 is 5.97 Å². The van der Waals surface area contributed by atoms with E-state index in [1.807, 2.05) is 48.5 Å². The van der Waals surface area contributed by atoms with Crippen LogP contribution in [0.5, 0.6) is 11.5 Å². The van der Waals surface area contributed by atoms with E-state index in [0.717, 1.165) is 11.1 Å². The van der Waals surface area contributed by atoms with Crippen molar-refractivity contribution in [1.82, 2.24) is 4.90 Å². The number of carboxylic acids is 1. The third kappa shape index (κ3) is 4.05. The summed E-state index contributed by atoms with van der Waals surface area (Å²) in [4.78, 5) is 26.2. The largest absolute Gasteiger partial charge is 0.497 e. The van der Waals surface area contributed by atoms with Crippen LogP contribution in [0.25, 0.3) is 0 Å². The molecule has 0 unspecified atom stereocenters. The van der Waals surface area contributed by atoms with E-state index < -0.39 is 11.9 Å². The summed E-state index contributed by atoms with van der Waals surface area (Å²) in [6, 6.07) is 14.7. The Kier molecular flexibility index (Phi) is 5.64. The molecule has 6 heteroatoms. The summed E-state index contributed by atoms with van der Waals surface area (Å²) >= 11 is 0. The number of carbonyl (C=O) groups excluding carboxylic acids is 1. The number of aliphatic carboxylic acids is 1. The molecule has 27 heavy (non-hydrogen) atoms. The van der Waals surface area contributed by atoms with E-state index in [1.165, 1.54) is 0 Å². The zero-order valence-corrected chi connectivity index (χ0v) is 15.4. The fourth-order valence-corrected chi connectivity index (χ4v) is 3.57. The minimum Gasteiger partial charge on any atom is -0.497 e. The van der Waals surface area contributed by atoms with Crippen LogP contribution in [-0.4, -0.2) is 49.2 Å². The molecule has 0 radical (unpaired) electrons. The molecule has 1 saturated heterocycles. The van der Waals surface area contributed by atoms with E-state index >= 15 is 0 Å². The van der Waals surface area contributed by atoms with Crippen molar-refractivity contribution >= 4 is 11.9 Å². The number of carboxylic acid groups (broad SMARTS) is 1. The Morgan fingerprint density at radius 1 is 1.04 bits per heavy atom. The minimum absolute atomic E-state index is 0.0956. The summed E-state index contributed by atoms with van der Waals surface area (Å²) in [6.07, 6.45) is 0.186. The normalized spacial score (nSPS) is 19.0. The highest BCUT2D eigenvalue weighted by molar-refractivity contribution is 5.82. The number of para-hydroxylation sites is 1. The molecular formula is C21H23NO5. The first-order chi connectivity index (χ1) is 13.0. The molecule has 1 aliphatic heterocycles. The summed E-state index contributed by atoms with van der Waals surface area (Å²) in [6.45, 7) is 0.595. The van der Waals surface area contributed by atoms with Crippen LogP contribution in [0.2, 0.25) is 0 Å². The molecule has 0 aromatic heterocycles. The molecular weight excluding hydrogens is 346 g/mol. The highest BCUT2D eigenvalue weighted by atomic mass is 16.5. The lowest BCUT2D eigenvalue weighted by Crippen LogP contribution is -2.31. The van der Waals surface area contributed by atoms with Crippen LogP contribution in [0.4, 0.5) is 0 Å². The van der Waals surface area contributed by atoms with Crippen LogP contribution in [0.15, 0.2) is 48.5 Å². The van der Waals surface area contributed by atoms with Crippen LogP contribution in [0.3, 0.4) is 0 Å². The molecule has 142 valence electrons. The Balaban J connectivity index is 1.77. The van der Waals surface area contributed by atoms with Crippen molar-refractivity contribution in [3.8, 4) is 11.5 Å². The number of likely N-dealkylation sites (tertiary alicyclic amines) is 1. The molecule has 6 nitrogen and oxygen atoms in total. The van der Waals surface area contributed by atoms with Crippen molar-refractivity contribution in [2.45, 2.75) is 12.3 Å². The second-order valence-corrected chi connectivity index (χ2v) is 6.61. The highest BCUT2D eigenvalue weighted by Crippen LogP contribution is 2.34. The van der Waals surface area contributed by atoms with Gasteiger partial charge in [-0.05, 0) is 23.8 Å². The Morgan fingerprint density at radius 2 is 1.74 bits per heavy atom. The predicted molar refractivity (Wildman–Crippen MR) is 100 cm³/mol. The maximum atomic E-state index is 12.8. The van der Waals surface area contributed by atoms with Gasteiger partial charge in [0.15, 0.2) is 0 Å². The first-order valence-corrected chi connectivity index (χ1v) is 8.80. The minimum atomic E-state index is -0.886. The van der Waals surface area contributed by atoms with Gasteiger partial charge in [0.25, 0.3) is 0 Å². The summed E-state index contributed by atoms with van der Waals surface area (Å²) < 4.78 is 10.5. The van der Waals surface area contributed by atoms with Gasteiger partial charge in [-0.2, -0.15) is 0 Å². The standard InChI is InChI=1S/C21H23NO5/c1-26-16-9-7-14(8-10-16)17-12-22(13-18(17)21(24)25)20(23)11-15-5-3-4-6-19(15)27-2/h3-10,17-18H,11-13H2,1-2H3,(H,24,25)/t17-,18+/m0/s1. The summed E-state index contributed by atoms with van der Waals surface area (Å²) in [5, 5.41) is 9.63. The van der Waals surface area contributed by atoms with Crippen molar-refractivity contribution in [3.63, 3.8) is 0 Å².